The monoisotopic (exact) mass is 117 g/mol. The van der Waals surface area contributed by atoms with Crippen LogP contribution in [0.5, 0.6) is 0 Å². The lowest BCUT2D eigenvalue weighted by atomic mass is 10.1. The Morgan fingerprint density at radius 2 is 2.38 bits per heavy atom. The first kappa shape index (κ1) is 6.02. The lowest BCUT2D eigenvalue weighted by Crippen LogP contribution is -2.32. The Labute approximate surface area is 49.5 Å². The maximum absolute atomic E-state index is 12.4. The van der Waals surface area contributed by atoms with E-state index in [1.165, 1.54) is 0 Å². The fourth-order valence-electron chi connectivity index (χ4n) is 1.10. The van der Waals surface area contributed by atoms with Gasteiger partial charge < -0.3 is 4.90 Å². The second-order valence-corrected chi connectivity index (χ2v) is 2.50. The summed E-state index contributed by atoms with van der Waals surface area (Å²) in [6.45, 7) is 1.71. The molecule has 0 aromatic carbocycles. The molecule has 1 aliphatic rings. The van der Waals surface area contributed by atoms with Crippen molar-refractivity contribution in [3.63, 3.8) is 0 Å². The van der Waals surface area contributed by atoms with Gasteiger partial charge in [-0.05, 0) is 26.4 Å². The molecular weight excluding hydrogens is 105 g/mol. The van der Waals surface area contributed by atoms with Crippen molar-refractivity contribution in [1.29, 1.82) is 0 Å². The van der Waals surface area contributed by atoms with E-state index in [0.29, 0.717) is 6.54 Å². The standard InChI is InChI=1S/C6H12FN/c1-8-4-2-3-6(7)5-8/h6H,2-5H2,1H3/t6-/m0/s1. The molecule has 2 heteroatoms. The molecule has 1 heterocycles. The minimum atomic E-state index is -0.561. The van der Waals surface area contributed by atoms with Gasteiger partial charge in [0.15, 0.2) is 0 Å². The number of hydrogen-bond donors (Lipinski definition) is 0. The summed E-state index contributed by atoms with van der Waals surface area (Å²) in [5, 5.41) is 0. The van der Waals surface area contributed by atoms with Gasteiger partial charge in [0.1, 0.15) is 6.17 Å². The smallest absolute Gasteiger partial charge is 0.113 e. The molecule has 0 aromatic rings. The first-order valence-electron chi connectivity index (χ1n) is 3.11. The average Bonchev–Trinajstić information content (AvgIpc) is 1.64. The summed E-state index contributed by atoms with van der Waals surface area (Å²) < 4.78 is 12.4. The van der Waals surface area contributed by atoms with Gasteiger partial charge >= 0.3 is 0 Å². The highest BCUT2D eigenvalue weighted by Crippen LogP contribution is 2.09. The minimum absolute atomic E-state index is 0.561. The van der Waals surface area contributed by atoms with Gasteiger partial charge in [0.05, 0.1) is 0 Å². The van der Waals surface area contributed by atoms with Crippen LogP contribution in [0.15, 0.2) is 0 Å². The first-order chi connectivity index (χ1) is 3.79. The van der Waals surface area contributed by atoms with Gasteiger partial charge in [0.25, 0.3) is 0 Å². The Morgan fingerprint density at radius 1 is 1.62 bits per heavy atom. The van der Waals surface area contributed by atoms with E-state index in [4.69, 9.17) is 0 Å². The highest BCUT2D eigenvalue weighted by Gasteiger charge is 2.14. The van der Waals surface area contributed by atoms with Crippen LogP contribution < -0.4 is 0 Å². The van der Waals surface area contributed by atoms with E-state index >= 15 is 0 Å². The molecule has 0 unspecified atom stereocenters. The first-order valence-corrected chi connectivity index (χ1v) is 3.11. The van der Waals surface area contributed by atoms with E-state index in [-0.39, 0.29) is 0 Å². The molecule has 1 nitrogen and oxygen atoms in total. The average molecular weight is 117 g/mol. The van der Waals surface area contributed by atoms with Crippen molar-refractivity contribution < 1.29 is 4.39 Å². The third-order valence-corrected chi connectivity index (χ3v) is 1.57. The largest absolute Gasteiger partial charge is 0.303 e. The fraction of sp³-hybridized carbons (Fsp3) is 1.00. The van der Waals surface area contributed by atoms with Gasteiger partial charge in [0, 0.05) is 6.54 Å². The van der Waals surface area contributed by atoms with E-state index in [2.05, 4.69) is 0 Å². The zero-order valence-corrected chi connectivity index (χ0v) is 5.23. The molecule has 0 amide bonds. The van der Waals surface area contributed by atoms with E-state index < -0.39 is 6.17 Å². The zero-order valence-electron chi connectivity index (χ0n) is 5.23. The lowest BCUT2D eigenvalue weighted by molar-refractivity contribution is 0.163. The molecule has 0 saturated carbocycles. The molecule has 0 aliphatic carbocycles. The number of alkyl halides is 1. The molecule has 1 rings (SSSR count). The van der Waals surface area contributed by atoms with Crippen molar-refractivity contribution in [1.82, 2.24) is 4.90 Å². The second-order valence-electron chi connectivity index (χ2n) is 2.50. The van der Waals surface area contributed by atoms with Gasteiger partial charge in [-0.25, -0.2) is 4.39 Å². The maximum atomic E-state index is 12.4. The Hall–Kier alpha value is -0.110. The molecule has 8 heavy (non-hydrogen) atoms. The van der Waals surface area contributed by atoms with Crippen LogP contribution in [0.3, 0.4) is 0 Å². The second kappa shape index (κ2) is 2.44. The summed E-state index contributed by atoms with van der Waals surface area (Å²) in [4.78, 5) is 2.04. The molecule has 1 fully saturated rings. The summed E-state index contributed by atoms with van der Waals surface area (Å²) in [6.07, 6.45) is 1.23. The van der Waals surface area contributed by atoms with E-state index in [0.717, 1.165) is 19.4 Å². The molecular formula is C6H12FN. The van der Waals surface area contributed by atoms with Crippen molar-refractivity contribution in [2.75, 3.05) is 20.1 Å². The molecule has 1 saturated heterocycles. The zero-order chi connectivity index (χ0) is 5.98. The van der Waals surface area contributed by atoms with E-state index in [1.807, 2.05) is 11.9 Å². The summed E-state index contributed by atoms with van der Waals surface area (Å²) in [5.41, 5.74) is 0. The van der Waals surface area contributed by atoms with Crippen LogP contribution in [0.4, 0.5) is 4.39 Å². The Bertz CT molecular complexity index is 66.9. The third-order valence-electron chi connectivity index (χ3n) is 1.57. The number of halogens is 1. The number of hydrogen-bond acceptors (Lipinski definition) is 1. The quantitative estimate of drug-likeness (QED) is 0.458. The Balaban J connectivity index is 2.23. The van der Waals surface area contributed by atoms with Gasteiger partial charge in [-0.2, -0.15) is 0 Å². The SMILES string of the molecule is CN1CCC[C@H](F)C1. The van der Waals surface area contributed by atoms with Crippen molar-refractivity contribution in [2.45, 2.75) is 19.0 Å². The van der Waals surface area contributed by atoms with Crippen molar-refractivity contribution in [3.8, 4) is 0 Å². The fourth-order valence-corrected chi connectivity index (χ4v) is 1.10. The van der Waals surface area contributed by atoms with E-state index in [1.54, 1.807) is 0 Å². The van der Waals surface area contributed by atoms with Crippen molar-refractivity contribution >= 4 is 0 Å². The predicted molar refractivity (Wildman–Crippen MR) is 31.6 cm³/mol. The van der Waals surface area contributed by atoms with Crippen LogP contribution >= 0.6 is 0 Å². The summed E-state index contributed by atoms with van der Waals surface area (Å²) in [5.74, 6) is 0. The van der Waals surface area contributed by atoms with Crippen LogP contribution in [0.1, 0.15) is 12.8 Å². The molecule has 48 valence electrons. The highest BCUT2D eigenvalue weighted by atomic mass is 19.1. The molecule has 0 radical (unpaired) electrons. The number of rotatable bonds is 0. The van der Waals surface area contributed by atoms with E-state index in [9.17, 15) is 4.39 Å². The molecule has 0 bridgehead atoms. The molecule has 1 atom stereocenters. The number of nitrogens with zero attached hydrogens (tertiary/aromatic N) is 1. The van der Waals surface area contributed by atoms with Crippen LogP contribution in [-0.2, 0) is 0 Å². The minimum Gasteiger partial charge on any atom is -0.303 e. The lowest BCUT2D eigenvalue weighted by Gasteiger charge is -2.24. The molecule has 0 aromatic heterocycles. The Morgan fingerprint density at radius 3 is 2.75 bits per heavy atom. The number of likely N-dealkylation sites (tertiary alicyclic amines) is 1. The molecule has 1 aliphatic heterocycles. The Kier molecular flexibility index (Phi) is 1.84. The molecule has 0 N–H and O–H groups in total. The summed E-state index contributed by atoms with van der Waals surface area (Å²) in [7, 11) is 1.96. The van der Waals surface area contributed by atoms with Gasteiger partial charge in [-0.1, -0.05) is 0 Å². The topological polar surface area (TPSA) is 3.24 Å². The van der Waals surface area contributed by atoms with Crippen LogP contribution in [0.2, 0.25) is 0 Å². The summed E-state index contributed by atoms with van der Waals surface area (Å²) >= 11 is 0. The van der Waals surface area contributed by atoms with Crippen LogP contribution in [0, 0.1) is 0 Å². The van der Waals surface area contributed by atoms with Crippen molar-refractivity contribution in [2.24, 2.45) is 0 Å². The van der Waals surface area contributed by atoms with Crippen LogP contribution in [-0.4, -0.2) is 31.2 Å². The maximum Gasteiger partial charge on any atom is 0.113 e. The van der Waals surface area contributed by atoms with Gasteiger partial charge in [0.2, 0.25) is 0 Å². The van der Waals surface area contributed by atoms with Crippen LogP contribution in [0.25, 0.3) is 0 Å². The number of piperidine rings is 1. The highest BCUT2D eigenvalue weighted by molar-refractivity contribution is 4.68. The van der Waals surface area contributed by atoms with Gasteiger partial charge in [-0.3, -0.25) is 0 Å². The molecule has 0 spiro atoms. The van der Waals surface area contributed by atoms with Crippen molar-refractivity contribution in [3.05, 3.63) is 0 Å². The summed E-state index contributed by atoms with van der Waals surface area (Å²) in [6, 6.07) is 0. The predicted octanol–water partition coefficient (Wildman–Crippen LogP) is 1.05. The van der Waals surface area contributed by atoms with Gasteiger partial charge in [-0.15, -0.1) is 0 Å². The normalized spacial score (nSPS) is 33.0. The third kappa shape index (κ3) is 1.44.